The molecule has 6 heteroatoms. The topological polar surface area (TPSA) is 84.5 Å². The van der Waals surface area contributed by atoms with Gasteiger partial charge in [0.25, 0.3) is 0 Å². The van der Waals surface area contributed by atoms with Gasteiger partial charge in [-0.25, -0.2) is 4.79 Å². The van der Waals surface area contributed by atoms with Crippen molar-refractivity contribution in [3.05, 3.63) is 35.9 Å². The summed E-state index contributed by atoms with van der Waals surface area (Å²) in [4.78, 5) is 33.7. The van der Waals surface area contributed by atoms with Crippen molar-refractivity contribution in [2.24, 2.45) is 0 Å². The van der Waals surface area contributed by atoms with E-state index in [2.05, 4.69) is 15.4 Å². The molecule has 0 atom stereocenters. The number of hydrogen-bond acceptors (Lipinski definition) is 4. The molecule has 1 aromatic rings. The number of nitrogens with one attached hydrogen (secondary N) is 2. The van der Waals surface area contributed by atoms with Crippen molar-refractivity contribution in [1.82, 2.24) is 10.6 Å². The van der Waals surface area contributed by atoms with Crippen LogP contribution in [0.2, 0.25) is 0 Å². The first-order valence-corrected chi connectivity index (χ1v) is 6.26. The number of carbonyl (C=O) groups is 3. The first-order chi connectivity index (χ1) is 9.61. The van der Waals surface area contributed by atoms with Crippen molar-refractivity contribution >= 4 is 17.8 Å². The molecule has 0 bridgehead atoms. The third kappa shape index (κ3) is 6.53. The van der Waals surface area contributed by atoms with Crippen LogP contribution >= 0.6 is 0 Å². The van der Waals surface area contributed by atoms with Gasteiger partial charge < -0.3 is 15.4 Å². The van der Waals surface area contributed by atoms with Crippen LogP contribution in [0.4, 0.5) is 4.79 Å². The molecule has 0 unspecified atom stereocenters. The molecular weight excluding hydrogens is 260 g/mol. The molecule has 0 aliphatic heterocycles. The molecule has 108 valence electrons. The first-order valence-electron chi connectivity index (χ1n) is 6.26. The highest BCUT2D eigenvalue weighted by Gasteiger charge is 2.08. The van der Waals surface area contributed by atoms with Crippen LogP contribution in [0.3, 0.4) is 0 Å². The van der Waals surface area contributed by atoms with Gasteiger partial charge in [-0.05, 0) is 5.56 Å². The number of esters is 1. The quantitative estimate of drug-likeness (QED) is 0.729. The van der Waals surface area contributed by atoms with Crippen LogP contribution in [-0.4, -0.2) is 31.4 Å². The number of Topliss-reactive ketones (excluding diaryl/α,β-unsaturated/α-hetero) is 1. The van der Waals surface area contributed by atoms with Gasteiger partial charge in [-0.2, -0.15) is 0 Å². The van der Waals surface area contributed by atoms with E-state index in [1.807, 2.05) is 30.3 Å². The summed E-state index contributed by atoms with van der Waals surface area (Å²) in [5, 5.41) is 5.08. The molecular formula is C14H18N2O4. The number of rotatable bonds is 7. The van der Waals surface area contributed by atoms with Gasteiger partial charge in [-0.3, -0.25) is 9.59 Å². The molecule has 0 aliphatic carbocycles. The van der Waals surface area contributed by atoms with E-state index in [9.17, 15) is 14.4 Å². The maximum atomic E-state index is 11.4. The minimum Gasteiger partial charge on any atom is -0.469 e. The van der Waals surface area contributed by atoms with Crippen molar-refractivity contribution in [1.29, 1.82) is 0 Å². The molecule has 0 aliphatic rings. The van der Waals surface area contributed by atoms with E-state index >= 15 is 0 Å². The highest BCUT2D eigenvalue weighted by molar-refractivity contribution is 5.87. The van der Waals surface area contributed by atoms with E-state index in [1.165, 1.54) is 7.11 Å². The zero-order valence-corrected chi connectivity index (χ0v) is 11.3. The number of methoxy groups -OCH3 is 1. The minimum absolute atomic E-state index is 0.0304. The van der Waals surface area contributed by atoms with E-state index < -0.39 is 12.0 Å². The molecule has 1 rings (SSSR count). The predicted molar refractivity (Wildman–Crippen MR) is 72.9 cm³/mol. The third-order valence-corrected chi connectivity index (χ3v) is 2.58. The number of amides is 2. The first kappa shape index (κ1) is 15.7. The standard InChI is InChI=1S/C14H18N2O4/c1-20-13(18)8-7-12(17)10-16-14(19)15-9-11-5-3-2-4-6-11/h2-6H,7-10H2,1H3,(H2,15,16,19). The highest BCUT2D eigenvalue weighted by atomic mass is 16.5. The van der Waals surface area contributed by atoms with Crippen LogP contribution in [0.1, 0.15) is 18.4 Å². The van der Waals surface area contributed by atoms with Crippen molar-refractivity contribution in [2.75, 3.05) is 13.7 Å². The van der Waals surface area contributed by atoms with E-state index in [0.717, 1.165) is 5.56 Å². The Morgan fingerprint density at radius 2 is 1.75 bits per heavy atom. The molecule has 0 aromatic heterocycles. The number of urea groups is 1. The summed E-state index contributed by atoms with van der Waals surface area (Å²) in [6.45, 7) is 0.292. The SMILES string of the molecule is COC(=O)CCC(=O)CNC(=O)NCc1ccccc1. The highest BCUT2D eigenvalue weighted by Crippen LogP contribution is 1.97. The summed E-state index contributed by atoms with van der Waals surface area (Å²) in [6, 6.07) is 9.02. The third-order valence-electron chi connectivity index (χ3n) is 2.58. The molecule has 2 N–H and O–H groups in total. The molecule has 0 fully saturated rings. The summed E-state index contributed by atoms with van der Waals surface area (Å²) in [5.41, 5.74) is 0.972. The molecule has 0 heterocycles. The molecule has 0 radical (unpaired) electrons. The maximum Gasteiger partial charge on any atom is 0.315 e. The number of carbonyl (C=O) groups excluding carboxylic acids is 3. The summed E-state index contributed by atoms with van der Waals surface area (Å²) in [6.07, 6.45) is 0.0916. The second-order valence-corrected chi connectivity index (χ2v) is 4.14. The average Bonchev–Trinajstić information content (AvgIpc) is 2.49. The van der Waals surface area contributed by atoms with Crippen molar-refractivity contribution in [3.8, 4) is 0 Å². The Hall–Kier alpha value is -2.37. The monoisotopic (exact) mass is 278 g/mol. The minimum atomic E-state index is -0.438. The van der Waals surface area contributed by atoms with Gasteiger partial charge in [-0.1, -0.05) is 30.3 Å². The van der Waals surface area contributed by atoms with E-state index in [1.54, 1.807) is 0 Å². The molecule has 6 nitrogen and oxygen atoms in total. The van der Waals surface area contributed by atoms with Crippen LogP contribution in [0.5, 0.6) is 0 Å². The van der Waals surface area contributed by atoms with Crippen LogP contribution in [0.15, 0.2) is 30.3 Å². The smallest absolute Gasteiger partial charge is 0.315 e. The van der Waals surface area contributed by atoms with Gasteiger partial charge in [0.2, 0.25) is 0 Å². The van der Waals surface area contributed by atoms with Gasteiger partial charge in [-0.15, -0.1) is 0 Å². The zero-order valence-electron chi connectivity index (χ0n) is 11.3. The van der Waals surface area contributed by atoms with Crippen LogP contribution < -0.4 is 10.6 Å². The lowest BCUT2D eigenvalue weighted by molar-refractivity contribution is -0.141. The van der Waals surface area contributed by atoms with Crippen LogP contribution in [-0.2, 0) is 20.9 Å². The summed E-state index contributed by atoms with van der Waals surface area (Å²) in [5.74, 6) is -0.655. The average molecular weight is 278 g/mol. The lowest BCUT2D eigenvalue weighted by Gasteiger charge is -2.07. The van der Waals surface area contributed by atoms with Gasteiger partial charge in [0, 0.05) is 13.0 Å². The Balaban J connectivity index is 2.16. The van der Waals surface area contributed by atoms with Gasteiger partial charge in [0.15, 0.2) is 5.78 Å². The molecule has 0 spiro atoms. The normalized spacial score (nSPS) is 9.65. The zero-order chi connectivity index (χ0) is 14.8. The van der Waals surface area contributed by atoms with Crippen molar-refractivity contribution in [2.45, 2.75) is 19.4 Å². The Morgan fingerprint density at radius 1 is 1.05 bits per heavy atom. The van der Waals surface area contributed by atoms with Crippen molar-refractivity contribution in [3.63, 3.8) is 0 Å². The van der Waals surface area contributed by atoms with E-state index in [-0.39, 0.29) is 25.2 Å². The van der Waals surface area contributed by atoms with Crippen LogP contribution in [0.25, 0.3) is 0 Å². The molecule has 0 saturated heterocycles. The second kappa shape index (κ2) is 8.68. The fourth-order valence-corrected chi connectivity index (χ4v) is 1.45. The molecule has 2 amide bonds. The predicted octanol–water partition coefficient (Wildman–Crippen LogP) is 1.01. The number of benzene rings is 1. The van der Waals surface area contributed by atoms with E-state index in [0.29, 0.717) is 6.54 Å². The fraction of sp³-hybridized carbons (Fsp3) is 0.357. The second-order valence-electron chi connectivity index (χ2n) is 4.14. The van der Waals surface area contributed by atoms with Gasteiger partial charge in [0.1, 0.15) is 0 Å². The summed E-state index contributed by atoms with van der Waals surface area (Å²) in [7, 11) is 1.27. The Kier molecular flexibility index (Phi) is 6.81. The Bertz CT molecular complexity index is 460. The summed E-state index contributed by atoms with van der Waals surface area (Å²) >= 11 is 0. The number of ketones is 1. The molecule has 0 saturated carbocycles. The summed E-state index contributed by atoms with van der Waals surface area (Å²) < 4.78 is 4.42. The maximum absolute atomic E-state index is 11.4. The largest absolute Gasteiger partial charge is 0.469 e. The van der Waals surface area contributed by atoms with Gasteiger partial charge in [0.05, 0.1) is 20.1 Å². The van der Waals surface area contributed by atoms with Gasteiger partial charge >= 0.3 is 12.0 Å². The van der Waals surface area contributed by atoms with Crippen LogP contribution in [0, 0.1) is 0 Å². The fourth-order valence-electron chi connectivity index (χ4n) is 1.45. The van der Waals surface area contributed by atoms with E-state index in [4.69, 9.17) is 0 Å². The Morgan fingerprint density at radius 3 is 2.40 bits per heavy atom. The number of hydrogen-bond donors (Lipinski definition) is 2. The molecule has 20 heavy (non-hydrogen) atoms. The lowest BCUT2D eigenvalue weighted by atomic mass is 10.2. The number of ether oxygens (including phenoxy) is 1. The lowest BCUT2D eigenvalue weighted by Crippen LogP contribution is -2.38. The molecule has 1 aromatic carbocycles. The van der Waals surface area contributed by atoms with Crippen molar-refractivity contribution < 1.29 is 19.1 Å². The Labute approximate surface area is 117 Å².